The lowest BCUT2D eigenvalue weighted by Crippen LogP contribution is -2.18. The Kier molecular flexibility index (Phi) is 4.02. The second-order valence-electron chi connectivity index (χ2n) is 11.6. The maximum absolute atomic E-state index is 9.61. The smallest absolute Gasteiger partial charge is 0.136 e. The van der Waals surface area contributed by atoms with Crippen molar-refractivity contribution in [1.82, 2.24) is 4.57 Å². The summed E-state index contributed by atoms with van der Waals surface area (Å²) in [6.07, 6.45) is 6.83. The zero-order chi connectivity index (χ0) is 27.7. The van der Waals surface area contributed by atoms with Crippen LogP contribution >= 0.6 is 0 Å². The van der Waals surface area contributed by atoms with Crippen molar-refractivity contribution in [2.45, 2.75) is 13.0 Å². The maximum Gasteiger partial charge on any atom is 0.136 e. The lowest BCUT2D eigenvalue weighted by Gasteiger charge is -2.29. The zero-order valence-electron chi connectivity index (χ0n) is 22.7. The molecule has 8 aromatic rings. The lowest BCUT2D eigenvalue weighted by molar-refractivity contribution is 0.526. The van der Waals surface area contributed by atoms with Crippen LogP contribution in [0.4, 0.5) is 0 Å². The number of nitriles is 1. The van der Waals surface area contributed by atoms with Gasteiger partial charge in [0.05, 0.1) is 23.2 Å². The molecule has 0 radical (unpaired) electrons. The highest BCUT2D eigenvalue weighted by atomic mass is 16.3. The Hall–Kier alpha value is -5.53. The molecule has 2 unspecified atom stereocenters. The highest BCUT2D eigenvalue weighted by Gasteiger charge is 2.34. The minimum Gasteiger partial charge on any atom is -0.456 e. The number of para-hydroxylation sites is 2. The molecule has 0 saturated carbocycles. The Morgan fingerprint density at radius 1 is 0.690 bits per heavy atom. The van der Waals surface area contributed by atoms with Gasteiger partial charge in [-0.1, -0.05) is 61.5 Å². The van der Waals surface area contributed by atoms with E-state index in [4.69, 9.17) is 8.83 Å². The van der Waals surface area contributed by atoms with Gasteiger partial charge in [-0.05, 0) is 71.1 Å². The molecular weight excluding hydrogens is 516 g/mol. The Balaban J connectivity index is 1.39. The lowest BCUT2D eigenvalue weighted by atomic mass is 9.83. The summed E-state index contributed by atoms with van der Waals surface area (Å²) in [5, 5.41) is 16.2. The molecule has 0 amide bonds. The van der Waals surface area contributed by atoms with Gasteiger partial charge in [-0.25, -0.2) is 0 Å². The summed E-state index contributed by atoms with van der Waals surface area (Å²) in [4.78, 5) is 0. The number of fused-ring (bicyclic) bond motifs is 15. The topological polar surface area (TPSA) is 55.0 Å². The van der Waals surface area contributed by atoms with Gasteiger partial charge in [0.25, 0.3) is 0 Å². The first-order chi connectivity index (χ1) is 20.7. The molecule has 0 bridgehead atoms. The molecule has 4 heteroatoms. The molecule has 4 nitrogen and oxygen atoms in total. The minimum absolute atomic E-state index is 0.156. The minimum atomic E-state index is 0.156. The largest absolute Gasteiger partial charge is 0.456 e. The fourth-order valence-electron chi connectivity index (χ4n) is 7.71. The van der Waals surface area contributed by atoms with Crippen molar-refractivity contribution in [3.05, 3.63) is 114 Å². The summed E-state index contributed by atoms with van der Waals surface area (Å²) < 4.78 is 15.4. The SMILES string of the molecule is CC1C=CC=C2c3cc4c(cc3-c3cccc5c6ccccc6n(c35)C21)oc1ccc2oc3ccc(C#N)cc3c2c14. The third-order valence-electron chi connectivity index (χ3n) is 9.45. The van der Waals surface area contributed by atoms with Crippen molar-refractivity contribution < 1.29 is 8.83 Å². The van der Waals surface area contributed by atoms with Crippen LogP contribution in [0.3, 0.4) is 0 Å². The molecule has 4 heterocycles. The van der Waals surface area contributed by atoms with Crippen LogP contribution in [0.1, 0.15) is 24.1 Å². The molecule has 10 rings (SSSR count). The number of furan rings is 2. The number of hydrogen-bond acceptors (Lipinski definition) is 3. The van der Waals surface area contributed by atoms with E-state index in [1.807, 2.05) is 24.3 Å². The van der Waals surface area contributed by atoms with Crippen molar-refractivity contribution in [1.29, 1.82) is 5.26 Å². The van der Waals surface area contributed by atoms with E-state index in [2.05, 4.69) is 90.4 Å². The number of hydrogen-bond donors (Lipinski definition) is 0. The number of allylic oxidation sites excluding steroid dienone is 4. The van der Waals surface area contributed by atoms with Gasteiger partial charge >= 0.3 is 0 Å². The van der Waals surface area contributed by atoms with Crippen molar-refractivity contribution in [3.63, 3.8) is 0 Å². The normalized spacial score (nSPS) is 17.7. The molecule has 0 spiro atoms. The molecule has 0 N–H and O–H groups in total. The van der Waals surface area contributed by atoms with Gasteiger partial charge in [-0.15, -0.1) is 0 Å². The molecule has 1 aliphatic carbocycles. The van der Waals surface area contributed by atoms with Gasteiger partial charge in [0.15, 0.2) is 0 Å². The highest BCUT2D eigenvalue weighted by molar-refractivity contribution is 6.26. The molecule has 2 atom stereocenters. The molecule has 0 fully saturated rings. The summed E-state index contributed by atoms with van der Waals surface area (Å²) in [6, 6.07) is 32.1. The first-order valence-electron chi connectivity index (χ1n) is 14.4. The maximum atomic E-state index is 9.61. The van der Waals surface area contributed by atoms with E-state index in [1.165, 1.54) is 44.1 Å². The number of rotatable bonds is 0. The zero-order valence-corrected chi connectivity index (χ0v) is 22.7. The third-order valence-corrected chi connectivity index (χ3v) is 9.45. The van der Waals surface area contributed by atoms with E-state index in [9.17, 15) is 5.26 Å². The fraction of sp³-hybridized carbons (Fsp3) is 0.0789. The van der Waals surface area contributed by atoms with Gasteiger partial charge in [0.2, 0.25) is 0 Å². The van der Waals surface area contributed by atoms with Gasteiger partial charge < -0.3 is 13.4 Å². The molecule has 42 heavy (non-hydrogen) atoms. The Morgan fingerprint density at radius 3 is 2.31 bits per heavy atom. The van der Waals surface area contributed by atoms with Crippen LogP contribution in [0, 0.1) is 17.2 Å². The standard InChI is InChI=1S/C38H22N2O2/c1-20-6-4-8-24-26-17-29-34(42-33-15-14-32-35(36(29)33)28-16-21(19-39)12-13-31(28)41-32)18-27(26)25-10-5-9-23-22-7-2-3-11-30(22)40(37(20)24)38(23)25/h2-18,20,37H,1H3. The number of aromatic nitrogens is 1. The van der Waals surface area contributed by atoms with E-state index < -0.39 is 0 Å². The summed E-state index contributed by atoms with van der Waals surface area (Å²) in [7, 11) is 0. The van der Waals surface area contributed by atoms with Gasteiger partial charge in [0, 0.05) is 43.4 Å². The van der Waals surface area contributed by atoms with Crippen LogP contribution in [0.5, 0.6) is 0 Å². The van der Waals surface area contributed by atoms with Crippen LogP contribution in [0.25, 0.3) is 82.4 Å². The second kappa shape index (κ2) is 7.60. The van der Waals surface area contributed by atoms with Crippen LogP contribution in [0.15, 0.2) is 112 Å². The quantitative estimate of drug-likeness (QED) is 0.193. The summed E-state index contributed by atoms with van der Waals surface area (Å²) in [6.45, 7) is 2.32. The monoisotopic (exact) mass is 538 g/mol. The van der Waals surface area contributed by atoms with Crippen molar-refractivity contribution >= 4 is 71.3 Å². The molecule has 3 aromatic heterocycles. The van der Waals surface area contributed by atoms with E-state index in [0.717, 1.165) is 43.9 Å². The van der Waals surface area contributed by atoms with Crippen molar-refractivity contribution in [2.75, 3.05) is 0 Å². The number of nitrogens with zero attached hydrogens (tertiary/aromatic N) is 2. The van der Waals surface area contributed by atoms with E-state index in [0.29, 0.717) is 11.5 Å². The Morgan fingerprint density at radius 2 is 1.45 bits per heavy atom. The van der Waals surface area contributed by atoms with Crippen LogP contribution in [0.2, 0.25) is 0 Å². The first kappa shape index (κ1) is 22.2. The van der Waals surface area contributed by atoms with E-state index in [1.54, 1.807) is 6.07 Å². The predicted molar refractivity (Wildman–Crippen MR) is 169 cm³/mol. The fourth-order valence-corrected chi connectivity index (χ4v) is 7.71. The molecular formula is C38H22N2O2. The van der Waals surface area contributed by atoms with E-state index >= 15 is 0 Å². The van der Waals surface area contributed by atoms with Crippen LogP contribution < -0.4 is 0 Å². The summed E-state index contributed by atoms with van der Waals surface area (Å²) in [5.74, 6) is 0.314. The molecule has 2 aliphatic rings. The average Bonchev–Trinajstić information content (AvgIpc) is 3.66. The number of benzene rings is 5. The average molecular weight is 539 g/mol. The van der Waals surface area contributed by atoms with Crippen molar-refractivity contribution in [2.24, 2.45) is 5.92 Å². The van der Waals surface area contributed by atoms with E-state index in [-0.39, 0.29) is 6.04 Å². The summed E-state index contributed by atoms with van der Waals surface area (Å²) in [5.41, 5.74) is 11.3. The van der Waals surface area contributed by atoms with Gasteiger partial charge in [0.1, 0.15) is 22.3 Å². The molecule has 1 aliphatic heterocycles. The van der Waals surface area contributed by atoms with Gasteiger partial charge in [-0.3, -0.25) is 0 Å². The second-order valence-corrected chi connectivity index (χ2v) is 11.6. The third kappa shape index (κ3) is 2.62. The first-order valence-corrected chi connectivity index (χ1v) is 14.4. The Labute approximate surface area is 240 Å². The van der Waals surface area contributed by atoms with Gasteiger partial charge in [-0.2, -0.15) is 5.26 Å². The van der Waals surface area contributed by atoms with Crippen LogP contribution in [-0.2, 0) is 0 Å². The molecule has 196 valence electrons. The predicted octanol–water partition coefficient (Wildman–Crippen LogP) is 10.3. The Bertz CT molecular complexity index is 2610. The highest BCUT2D eigenvalue weighted by Crippen LogP contribution is 2.52. The van der Waals surface area contributed by atoms with Crippen molar-refractivity contribution in [3.8, 4) is 17.2 Å². The molecule has 5 aromatic carbocycles. The summed E-state index contributed by atoms with van der Waals surface area (Å²) >= 11 is 0. The molecule has 0 saturated heterocycles. The van der Waals surface area contributed by atoms with Crippen LogP contribution in [-0.4, -0.2) is 4.57 Å².